The summed E-state index contributed by atoms with van der Waals surface area (Å²) in [6.45, 7) is 8.83. The molecule has 26 heavy (non-hydrogen) atoms. The molecule has 4 nitrogen and oxygen atoms in total. The standard InChI is InChI=1S/C21H33N3OSi/c1-4-26(5-2,6-3)17-9-14-22-16-13-21(25)24-20-12-7-11-19-18(20)10-8-15-23-19/h7-8,10-12,15,22H,4-6,9,13-14,16-17H2,1-3H3,(H,24,25). The summed E-state index contributed by atoms with van der Waals surface area (Å²) in [6, 6.07) is 15.3. The molecule has 0 radical (unpaired) electrons. The number of nitrogens with one attached hydrogen (secondary N) is 2. The van der Waals surface area contributed by atoms with Crippen LogP contribution >= 0.6 is 0 Å². The van der Waals surface area contributed by atoms with E-state index in [0.29, 0.717) is 6.42 Å². The number of rotatable bonds is 11. The van der Waals surface area contributed by atoms with Gasteiger partial charge in [0.1, 0.15) is 0 Å². The van der Waals surface area contributed by atoms with E-state index in [9.17, 15) is 4.79 Å². The summed E-state index contributed by atoms with van der Waals surface area (Å²) >= 11 is 0. The fraction of sp³-hybridized carbons (Fsp3) is 0.524. The molecule has 0 aliphatic carbocycles. The van der Waals surface area contributed by atoms with Gasteiger partial charge in [0, 0.05) is 24.5 Å². The lowest BCUT2D eigenvalue weighted by atomic mass is 10.2. The Kier molecular flexibility index (Phi) is 8.26. The molecule has 1 aromatic heterocycles. The van der Waals surface area contributed by atoms with Gasteiger partial charge in [-0.25, -0.2) is 0 Å². The number of hydrogen-bond donors (Lipinski definition) is 2. The lowest BCUT2D eigenvalue weighted by Crippen LogP contribution is -2.32. The number of amides is 1. The predicted octanol–water partition coefficient (Wildman–Crippen LogP) is 5.05. The molecule has 0 atom stereocenters. The van der Waals surface area contributed by atoms with Gasteiger partial charge in [-0.15, -0.1) is 0 Å². The third-order valence-electron chi connectivity index (χ3n) is 5.76. The SMILES string of the molecule is CC[Si](CC)(CC)CCCNCCC(=O)Nc1cccc2ncccc12. The number of anilines is 1. The summed E-state index contributed by atoms with van der Waals surface area (Å²) in [5.41, 5.74) is 1.74. The maximum absolute atomic E-state index is 12.2. The van der Waals surface area contributed by atoms with Crippen LogP contribution in [0.15, 0.2) is 36.5 Å². The molecule has 1 heterocycles. The molecule has 1 aromatic carbocycles. The first-order chi connectivity index (χ1) is 12.6. The highest BCUT2D eigenvalue weighted by Gasteiger charge is 2.25. The van der Waals surface area contributed by atoms with Crippen LogP contribution in [0.25, 0.3) is 10.9 Å². The number of fused-ring (bicyclic) bond motifs is 1. The quantitative estimate of drug-likeness (QED) is 0.429. The monoisotopic (exact) mass is 371 g/mol. The summed E-state index contributed by atoms with van der Waals surface area (Å²) in [5.74, 6) is 0.0493. The minimum atomic E-state index is -1.00. The average molecular weight is 372 g/mol. The fourth-order valence-corrected chi connectivity index (χ4v) is 7.11. The third kappa shape index (κ3) is 5.64. The Morgan fingerprint density at radius 1 is 1.04 bits per heavy atom. The lowest BCUT2D eigenvalue weighted by Gasteiger charge is -2.28. The summed E-state index contributed by atoms with van der Waals surface area (Å²) in [5, 5.41) is 7.43. The van der Waals surface area contributed by atoms with E-state index in [0.717, 1.165) is 29.7 Å². The first kappa shape index (κ1) is 20.6. The van der Waals surface area contributed by atoms with E-state index >= 15 is 0 Å². The second-order valence-corrected chi connectivity index (χ2v) is 12.7. The Labute approximate surface area is 158 Å². The van der Waals surface area contributed by atoms with Crippen molar-refractivity contribution in [1.82, 2.24) is 10.3 Å². The van der Waals surface area contributed by atoms with Gasteiger partial charge in [0.05, 0.1) is 19.3 Å². The predicted molar refractivity (Wildman–Crippen MR) is 114 cm³/mol. The van der Waals surface area contributed by atoms with Gasteiger partial charge in [-0.05, 0) is 37.2 Å². The number of carbonyl (C=O) groups is 1. The molecule has 0 aliphatic heterocycles. The number of pyridine rings is 1. The number of hydrogen-bond acceptors (Lipinski definition) is 3. The largest absolute Gasteiger partial charge is 0.325 e. The van der Waals surface area contributed by atoms with Crippen molar-refractivity contribution in [2.75, 3.05) is 18.4 Å². The van der Waals surface area contributed by atoms with E-state index in [1.54, 1.807) is 6.20 Å². The minimum absolute atomic E-state index is 0.0493. The van der Waals surface area contributed by atoms with Gasteiger partial charge in [-0.1, -0.05) is 51.0 Å². The van der Waals surface area contributed by atoms with Crippen LogP contribution in [0.4, 0.5) is 5.69 Å². The molecule has 5 heteroatoms. The molecule has 2 N–H and O–H groups in total. The molecule has 0 bridgehead atoms. The first-order valence-electron chi connectivity index (χ1n) is 9.98. The van der Waals surface area contributed by atoms with Crippen molar-refractivity contribution in [1.29, 1.82) is 0 Å². The topological polar surface area (TPSA) is 54.0 Å². The summed E-state index contributed by atoms with van der Waals surface area (Å²) in [4.78, 5) is 16.5. The van der Waals surface area contributed by atoms with Crippen LogP contribution in [0.1, 0.15) is 33.6 Å². The van der Waals surface area contributed by atoms with Crippen LogP contribution in [0.5, 0.6) is 0 Å². The fourth-order valence-electron chi connectivity index (χ4n) is 3.62. The molecule has 2 rings (SSSR count). The number of nitrogens with zero attached hydrogens (tertiary/aromatic N) is 1. The zero-order chi connectivity index (χ0) is 18.8. The highest BCUT2D eigenvalue weighted by molar-refractivity contribution is 6.79. The van der Waals surface area contributed by atoms with Crippen LogP contribution < -0.4 is 10.6 Å². The smallest absolute Gasteiger partial charge is 0.225 e. The van der Waals surface area contributed by atoms with Crippen LogP contribution in [0.3, 0.4) is 0 Å². The van der Waals surface area contributed by atoms with E-state index < -0.39 is 8.07 Å². The van der Waals surface area contributed by atoms with Crippen molar-refractivity contribution in [2.24, 2.45) is 0 Å². The van der Waals surface area contributed by atoms with Gasteiger partial charge in [0.2, 0.25) is 5.91 Å². The van der Waals surface area contributed by atoms with Crippen LogP contribution in [0, 0.1) is 0 Å². The normalized spacial score (nSPS) is 11.7. The van der Waals surface area contributed by atoms with Crippen LogP contribution in [0.2, 0.25) is 24.2 Å². The van der Waals surface area contributed by atoms with Gasteiger partial charge in [0.15, 0.2) is 0 Å². The van der Waals surface area contributed by atoms with Gasteiger partial charge in [0.25, 0.3) is 0 Å². The molecular weight excluding hydrogens is 338 g/mol. The molecular formula is C21H33N3OSi. The second-order valence-electron chi connectivity index (χ2n) is 7.09. The molecule has 0 aliphatic rings. The zero-order valence-electron chi connectivity index (χ0n) is 16.5. The number of carbonyl (C=O) groups excluding carboxylic acids is 1. The summed E-state index contributed by atoms with van der Waals surface area (Å²) < 4.78 is 0. The highest BCUT2D eigenvalue weighted by Crippen LogP contribution is 2.26. The summed E-state index contributed by atoms with van der Waals surface area (Å²) in [7, 11) is -1.00. The van der Waals surface area contributed by atoms with Crippen molar-refractivity contribution in [2.45, 2.75) is 57.8 Å². The first-order valence-corrected chi connectivity index (χ1v) is 12.8. The number of aromatic nitrogens is 1. The molecule has 142 valence electrons. The van der Waals surface area contributed by atoms with Crippen LogP contribution in [-0.4, -0.2) is 32.1 Å². The Morgan fingerprint density at radius 2 is 1.81 bits per heavy atom. The lowest BCUT2D eigenvalue weighted by molar-refractivity contribution is -0.116. The molecule has 0 saturated carbocycles. The maximum atomic E-state index is 12.2. The van der Waals surface area contributed by atoms with Crippen molar-refractivity contribution < 1.29 is 4.79 Å². The van der Waals surface area contributed by atoms with Gasteiger partial charge in [-0.3, -0.25) is 9.78 Å². The van der Waals surface area contributed by atoms with E-state index in [-0.39, 0.29) is 5.91 Å². The Hall–Kier alpha value is -1.72. The van der Waals surface area contributed by atoms with Crippen molar-refractivity contribution in [3.8, 4) is 0 Å². The second kappa shape index (κ2) is 10.4. The van der Waals surface area contributed by atoms with Gasteiger partial charge in [-0.2, -0.15) is 0 Å². The summed E-state index contributed by atoms with van der Waals surface area (Å²) in [6.07, 6.45) is 3.50. The molecule has 0 saturated heterocycles. The van der Waals surface area contributed by atoms with E-state index in [2.05, 4.69) is 36.4 Å². The van der Waals surface area contributed by atoms with E-state index in [1.807, 2.05) is 30.3 Å². The van der Waals surface area contributed by atoms with Crippen molar-refractivity contribution in [3.63, 3.8) is 0 Å². The van der Waals surface area contributed by atoms with Gasteiger partial charge < -0.3 is 10.6 Å². The maximum Gasteiger partial charge on any atom is 0.225 e. The minimum Gasteiger partial charge on any atom is -0.325 e. The zero-order valence-corrected chi connectivity index (χ0v) is 17.5. The molecule has 0 unspecified atom stereocenters. The van der Waals surface area contributed by atoms with Crippen molar-refractivity contribution >= 4 is 30.6 Å². The molecule has 1 amide bonds. The van der Waals surface area contributed by atoms with E-state index in [4.69, 9.17) is 0 Å². The van der Waals surface area contributed by atoms with Gasteiger partial charge >= 0.3 is 0 Å². The number of benzene rings is 1. The average Bonchev–Trinajstić information content (AvgIpc) is 2.68. The highest BCUT2D eigenvalue weighted by atomic mass is 28.3. The van der Waals surface area contributed by atoms with Crippen LogP contribution in [-0.2, 0) is 4.79 Å². The Balaban J connectivity index is 1.71. The Bertz CT molecular complexity index is 687. The molecule has 2 aromatic rings. The Morgan fingerprint density at radius 3 is 2.54 bits per heavy atom. The third-order valence-corrected chi connectivity index (χ3v) is 11.7. The van der Waals surface area contributed by atoms with Crippen molar-refractivity contribution in [3.05, 3.63) is 36.5 Å². The molecule has 0 fully saturated rings. The van der Waals surface area contributed by atoms with E-state index in [1.165, 1.54) is 30.6 Å². The molecule has 0 spiro atoms.